The molecule has 0 unspecified atom stereocenters. The van der Waals surface area contributed by atoms with E-state index >= 15 is 0 Å². The highest BCUT2D eigenvalue weighted by Gasteiger charge is 2.17. The summed E-state index contributed by atoms with van der Waals surface area (Å²) in [6.45, 7) is 2.97. The Labute approximate surface area is 83.9 Å². The Kier molecular flexibility index (Phi) is 2.79. The first-order chi connectivity index (χ1) is 6.75. The van der Waals surface area contributed by atoms with Crippen LogP contribution in [0.1, 0.15) is 18.7 Å². The van der Waals surface area contributed by atoms with E-state index in [1.54, 1.807) is 6.33 Å². The van der Waals surface area contributed by atoms with Crippen LogP contribution in [0.2, 0.25) is 0 Å². The summed E-state index contributed by atoms with van der Waals surface area (Å²) in [7, 11) is 1.92. The van der Waals surface area contributed by atoms with Gasteiger partial charge in [-0.15, -0.1) is 0 Å². The maximum Gasteiger partial charge on any atom is 0.140 e. The molecule has 1 atom stereocenters. The molecule has 2 rings (SSSR count). The van der Waals surface area contributed by atoms with Crippen LogP contribution in [0, 0.1) is 0 Å². The normalized spacial score (nSPS) is 24.0. The van der Waals surface area contributed by atoms with Gasteiger partial charge in [0.15, 0.2) is 0 Å². The molecule has 1 aliphatic rings. The number of piperidine rings is 1. The second-order valence-corrected chi connectivity index (χ2v) is 3.94. The van der Waals surface area contributed by atoms with E-state index in [1.807, 2.05) is 11.7 Å². The minimum atomic E-state index is 0.331. The number of hydrogen-bond acceptors (Lipinski definition) is 4. The third kappa shape index (κ3) is 2.10. The van der Waals surface area contributed by atoms with Crippen LogP contribution in [0.25, 0.3) is 0 Å². The molecule has 0 bridgehead atoms. The Balaban J connectivity index is 1.94. The van der Waals surface area contributed by atoms with Gasteiger partial charge in [0.05, 0.1) is 6.54 Å². The van der Waals surface area contributed by atoms with Gasteiger partial charge in [-0.1, -0.05) is 0 Å². The zero-order chi connectivity index (χ0) is 9.97. The smallest absolute Gasteiger partial charge is 0.140 e. The van der Waals surface area contributed by atoms with Crippen molar-refractivity contribution in [1.29, 1.82) is 0 Å². The fourth-order valence-electron chi connectivity index (χ4n) is 1.90. The predicted molar refractivity (Wildman–Crippen MR) is 53.5 cm³/mol. The highest BCUT2D eigenvalue weighted by Crippen LogP contribution is 2.10. The van der Waals surface area contributed by atoms with E-state index in [0.29, 0.717) is 6.04 Å². The summed E-state index contributed by atoms with van der Waals surface area (Å²) in [4.78, 5) is 6.55. The van der Waals surface area contributed by atoms with Gasteiger partial charge in [-0.3, -0.25) is 9.58 Å². The van der Waals surface area contributed by atoms with Crippen molar-refractivity contribution in [3.63, 3.8) is 0 Å². The molecule has 1 aromatic heterocycles. The maximum absolute atomic E-state index is 5.91. The van der Waals surface area contributed by atoms with Crippen LogP contribution in [0.4, 0.5) is 0 Å². The summed E-state index contributed by atoms with van der Waals surface area (Å²) in [5, 5.41) is 4.05. The molecular formula is C9H17N5. The van der Waals surface area contributed by atoms with Crippen LogP contribution in [-0.2, 0) is 13.6 Å². The Morgan fingerprint density at radius 3 is 3.14 bits per heavy atom. The molecule has 5 heteroatoms. The molecule has 14 heavy (non-hydrogen) atoms. The molecule has 1 fully saturated rings. The average molecular weight is 195 g/mol. The molecule has 2 N–H and O–H groups in total. The van der Waals surface area contributed by atoms with Gasteiger partial charge in [0.2, 0.25) is 0 Å². The van der Waals surface area contributed by atoms with Crippen LogP contribution in [0.5, 0.6) is 0 Å². The van der Waals surface area contributed by atoms with Gasteiger partial charge in [0.25, 0.3) is 0 Å². The molecule has 0 saturated carbocycles. The quantitative estimate of drug-likeness (QED) is 0.706. The van der Waals surface area contributed by atoms with Crippen molar-refractivity contribution in [2.45, 2.75) is 25.4 Å². The van der Waals surface area contributed by atoms with Crippen LogP contribution in [0.3, 0.4) is 0 Å². The van der Waals surface area contributed by atoms with Gasteiger partial charge in [0.1, 0.15) is 12.2 Å². The van der Waals surface area contributed by atoms with Gasteiger partial charge < -0.3 is 5.73 Å². The highest BCUT2D eigenvalue weighted by molar-refractivity contribution is 4.86. The standard InChI is InChI=1S/C9H17N5/c1-13-9(11-7-12-13)6-14-4-2-3-8(10)5-14/h7-8H,2-6,10H2,1H3/t8-/m1/s1. The van der Waals surface area contributed by atoms with Crippen molar-refractivity contribution in [3.8, 4) is 0 Å². The van der Waals surface area contributed by atoms with Gasteiger partial charge in [-0.05, 0) is 19.4 Å². The van der Waals surface area contributed by atoms with Crippen molar-refractivity contribution in [1.82, 2.24) is 19.7 Å². The van der Waals surface area contributed by atoms with Crippen LogP contribution < -0.4 is 5.73 Å². The monoisotopic (exact) mass is 195 g/mol. The first-order valence-electron chi connectivity index (χ1n) is 5.06. The molecule has 0 spiro atoms. The number of nitrogens with zero attached hydrogens (tertiary/aromatic N) is 4. The Hall–Kier alpha value is -0.940. The predicted octanol–water partition coefficient (Wildman–Crippen LogP) is -0.262. The zero-order valence-electron chi connectivity index (χ0n) is 8.56. The molecule has 1 saturated heterocycles. The third-order valence-electron chi connectivity index (χ3n) is 2.71. The molecule has 0 aliphatic carbocycles. The summed E-state index contributed by atoms with van der Waals surface area (Å²) in [6, 6.07) is 0.331. The summed E-state index contributed by atoms with van der Waals surface area (Å²) in [6.07, 6.45) is 3.94. The van der Waals surface area contributed by atoms with Gasteiger partial charge in [0, 0.05) is 19.6 Å². The molecule has 2 heterocycles. The largest absolute Gasteiger partial charge is 0.327 e. The first kappa shape index (κ1) is 9.61. The van der Waals surface area contributed by atoms with E-state index in [-0.39, 0.29) is 0 Å². The van der Waals surface area contributed by atoms with Gasteiger partial charge in [-0.2, -0.15) is 5.10 Å². The Bertz CT molecular complexity index is 295. The number of hydrogen-bond donors (Lipinski definition) is 1. The van der Waals surface area contributed by atoms with E-state index < -0.39 is 0 Å². The maximum atomic E-state index is 5.91. The summed E-state index contributed by atoms with van der Waals surface area (Å²) >= 11 is 0. The Morgan fingerprint density at radius 1 is 1.64 bits per heavy atom. The number of aryl methyl sites for hydroxylation is 1. The minimum Gasteiger partial charge on any atom is -0.327 e. The third-order valence-corrected chi connectivity index (χ3v) is 2.71. The lowest BCUT2D eigenvalue weighted by molar-refractivity contribution is 0.195. The van der Waals surface area contributed by atoms with Crippen molar-refractivity contribution in [2.75, 3.05) is 13.1 Å². The second kappa shape index (κ2) is 4.06. The highest BCUT2D eigenvalue weighted by atomic mass is 15.3. The van der Waals surface area contributed by atoms with Crippen molar-refractivity contribution < 1.29 is 0 Å². The lowest BCUT2D eigenvalue weighted by atomic mass is 10.1. The number of nitrogens with two attached hydrogens (primary N) is 1. The first-order valence-corrected chi connectivity index (χ1v) is 5.06. The lowest BCUT2D eigenvalue weighted by Crippen LogP contribution is -2.42. The van der Waals surface area contributed by atoms with E-state index in [0.717, 1.165) is 31.9 Å². The van der Waals surface area contributed by atoms with Crippen LogP contribution in [0.15, 0.2) is 6.33 Å². The summed E-state index contributed by atoms with van der Waals surface area (Å²) in [5.41, 5.74) is 5.91. The van der Waals surface area contributed by atoms with Crippen LogP contribution in [-0.4, -0.2) is 38.8 Å². The molecular weight excluding hydrogens is 178 g/mol. The fourth-order valence-corrected chi connectivity index (χ4v) is 1.90. The van der Waals surface area contributed by atoms with Crippen molar-refractivity contribution >= 4 is 0 Å². The SMILES string of the molecule is Cn1ncnc1CN1CCC[C@@H](N)C1. The van der Waals surface area contributed by atoms with E-state index in [9.17, 15) is 0 Å². The minimum absolute atomic E-state index is 0.331. The topological polar surface area (TPSA) is 60.0 Å². The summed E-state index contributed by atoms with van der Waals surface area (Å²) < 4.78 is 1.82. The fraction of sp³-hybridized carbons (Fsp3) is 0.778. The molecule has 78 valence electrons. The lowest BCUT2D eigenvalue weighted by Gasteiger charge is -2.29. The second-order valence-electron chi connectivity index (χ2n) is 3.94. The molecule has 1 aromatic rings. The molecule has 0 radical (unpaired) electrons. The number of rotatable bonds is 2. The average Bonchev–Trinajstić information content (AvgIpc) is 2.52. The van der Waals surface area contributed by atoms with Crippen molar-refractivity contribution in [3.05, 3.63) is 12.2 Å². The summed E-state index contributed by atoms with van der Waals surface area (Å²) in [5.74, 6) is 1.01. The molecule has 5 nitrogen and oxygen atoms in total. The van der Waals surface area contributed by atoms with E-state index in [4.69, 9.17) is 5.73 Å². The van der Waals surface area contributed by atoms with Crippen molar-refractivity contribution in [2.24, 2.45) is 12.8 Å². The van der Waals surface area contributed by atoms with Gasteiger partial charge in [-0.25, -0.2) is 4.98 Å². The zero-order valence-corrected chi connectivity index (χ0v) is 8.56. The number of likely N-dealkylation sites (tertiary alicyclic amines) is 1. The van der Waals surface area contributed by atoms with Crippen LogP contribution >= 0.6 is 0 Å². The number of aromatic nitrogens is 3. The Morgan fingerprint density at radius 2 is 2.50 bits per heavy atom. The molecule has 0 amide bonds. The molecule has 1 aliphatic heterocycles. The van der Waals surface area contributed by atoms with Gasteiger partial charge >= 0.3 is 0 Å². The van der Waals surface area contributed by atoms with E-state index in [2.05, 4.69) is 15.0 Å². The molecule has 0 aromatic carbocycles. The van der Waals surface area contributed by atoms with E-state index in [1.165, 1.54) is 6.42 Å².